The lowest BCUT2D eigenvalue weighted by Gasteiger charge is -2.48. The molecule has 1 amide bonds. The van der Waals surface area contributed by atoms with Crippen LogP contribution in [0.5, 0.6) is 0 Å². The number of hydrogen-bond acceptors (Lipinski definition) is 7. The zero-order valence-corrected chi connectivity index (χ0v) is 27.8. The van der Waals surface area contributed by atoms with Crippen LogP contribution in [0.25, 0.3) is 0 Å². The van der Waals surface area contributed by atoms with Gasteiger partial charge in [0, 0.05) is 25.3 Å². The molecule has 3 fully saturated rings. The summed E-state index contributed by atoms with van der Waals surface area (Å²) in [4.78, 5) is 41.8. The van der Waals surface area contributed by atoms with Gasteiger partial charge in [0.2, 0.25) is 5.91 Å². The second-order valence-corrected chi connectivity index (χ2v) is 14.0. The maximum Gasteiger partial charge on any atom is 0.481 e. The van der Waals surface area contributed by atoms with Crippen molar-refractivity contribution in [2.45, 2.75) is 140 Å². The number of aryl methyl sites for hydroxylation is 1. The van der Waals surface area contributed by atoms with Gasteiger partial charge in [0.15, 0.2) is 5.03 Å². The zero-order valence-electron chi connectivity index (χ0n) is 27.8. The van der Waals surface area contributed by atoms with Gasteiger partial charge < -0.3 is 20.4 Å². The van der Waals surface area contributed by atoms with E-state index in [1.807, 2.05) is 23.6 Å². The number of nitrogens with one attached hydrogen (secondary N) is 2. The molecule has 1 aromatic rings. The summed E-state index contributed by atoms with van der Waals surface area (Å²) in [5.74, 6) is -1.02. The second-order valence-electron chi connectivity index (χ2n) is 14.0. The lowest BCUT2D eigenvalue weighted by atomic mass is 9.66. The Morgan fingerprint density at radius 3 is 2.17 bits per heavy atom. The minimum atomic E-state index is -0.764. The average molecular weight is 640 g/mol. The van der Waals surface area contributed by atoms with Gasteiger partial charge in [-0.15, -0.1) is 0 Å². The van der Waals surface area contributed by atoms with Gasteiger partial charge in [0.25, 0.3) is 5.96 Å². The van der Waals surface area contributed by atoms with Gasteiger partial charge in [0.05, 0.1) is 17.1 Å². The number of hydrazine groups is 1. The molecule has 12 heteroatoms. The van der Waals surface area contributed by atoms with E-state index in [1.165, 1.54) is 18.4 Å². The molecule has 0 unspecified atom stereocenters. The predicted molar refractivity (Wildman–Crippen MR) is 179 cm³/mol. The van der Waals surface area contributed by atoms with Gasteiger partial charge >= 0.3 is 7.12 Å². The molecule has 1 aliphatic heterocycles. The first-order valence-corrected chi connectivity index (χ1v) is 17.5. The van der Waals surface area contributed by atoms with E-state index in [-0.39, 0.29) is 47.8 Å². The molecule has 1 heterocycles. The number of carbonyl (C=O) groups is 2. The summed E-state index contributed by atoms with van der Waals surface area (Å²) in [5.41, 5.74) is 8.01. The predicted octanol–water partition coefficient (Wildman–Crippen LogP) is 5.47. The van der Waals surface area contributed by atoms with Gasteiger partial charge in [-0.05, 0) is 69.3 Å². The summed E-state index contributed by atoms with van der Waals surface area (Å²) in [6, 6.07) is 10.1. The Morgan fingerprint density at radius 2 is 1.61 bits per heavy atom. The molecule has 0 bridgehead atoms. The molecule has 0 radical (unpaired) electrons. The molecule has 46 heavy (non-hydrogen) atoms. The number of guanidine groups is 1. The third-order valence-electron chi connectivity index (χ3n) is 10.0. The smallest absolute Gasteiger partial charge is 0.401 e. The van der Waals surface area contributed by atoms with Crippen LogP contribution in [0.2, 0.25) is 0 Å². The Labute approximate surface area is 274 Å². The normalized spacial score (nSPS) is 20.5. The van der Waals surface area contributed by atoms with Crippen LogP contribution in [0.3, 0.4) is 0 Å². The van der Waals surface area contributed by atoms with E-state index in [1.54, 1.807) is 0 Å². The largest absolute Gasteiger partial charge is 0.481 e. The molecule has 11 nitrogen and oxygen atoms in total. The number of nitrogens with zero attached hydrogens (tertiary/aromatic N) is 2. The number of Topliss-reactive ketones (excluding diaryl/α,β-unsaturated/α-hetero) is 1. The van der Waals surface area contributed by atoms with Gasteiger partial charge in [-0.3, -0.25) is 9.59 Å². The number of benzene rings is 1. The molecule has 1 saturated heterocycles. The molecule has 0 aromatic heterocycles. The summed E-state index contributed by atoms with van der Waals surface area (Å²) in [5, 5.41) is 13.2. The lowest BCUT2D eigenvalue weighted by Crippen LogP contribution is -2.53. The van der Waals surface area contributed by atoms with Crippen LogP contribution in [0.15, 0.2) is 35.3 Å². The minimum absolute atomic E-state index is 0.0465. The van der Waals surface area contributed by atoms with Crippen LogP contribution in [0, 0.1) is 22.0 Å². The van der Waals surface area contributed by atoms with Gasteiger partial charge in [0.1, 0.15) is 5.78 Å². The highest BCUT2D eigenvalue weighted by molar-refractivity contribution is 6.48. The van der Waals surface area contributed by atoms with Crippen LogP contribution in [-0.4, -0.2) is 53.5 Å². The number of amides is 1. The third-order valence-corrected chi connectivity index (χ3v) is 10.0. The Balaban J connectivity index is 1.44. The lowest BCUT2D eigenvalue weighted by molar-refractivity contribution is -0.525. The average Bonchev–Trinajstić information content (AvgIpc) is 3.30. The van der Waals surface area contributed by atoms with Crippen molar-refractivity contribution in [2.24, 2.45) is 22.6 Å². The summed E-state index contributed by atoms with van der Waals surface area (Å²) >= 11 is 0. The number of aliphatic imine (C=N–C) groups is 1. The van der Waals surface area contributed by atoms with Crippen LogP contribution in [-0.2, 0) is 25.3 Å². The minimum Gasteiger partial charge on any atom is -0.401 e. The number of nitro groups is 1. The molecule has 1 aromatic carbocycles. The van der Waals surface area contributed by atoms with Crippen molar-refractivity contribution in [1.29, 1.82) is 0 Å². The first-order chi connectivity index (χ1) is 22.1. The van der Waals surface area contributed by atoms with E-state index in [0.29, 0.717) is 38.0 Å². The number of rotatable bonds is 16. The molecule has 2 aliphatic carbocycles. The van der Waals surface area contributed by atoms with Gasteiger partial charge in [-0.25, -0.2) is 15.1 Å². The highest BCUT2D eigenvalue weighted by atomic mass is 16.7. The van der Waals surface area contributed by atoms with Gasteiger partial charge in [-0.2, -0.15) is 0 Å². The Kier molecular flexibility index (Phi) is 13.4. The molecule has 4 N–H and O–H groups in total. The fraction of sp³-hybridized carbons (Fsp3) is 0.735. The summed E-state index contributed by atoms with van der Waals surface area (Å²) in [6.07, 6.45) is 14.6. The monoisotopic (exact) mass is 639 g/mol. The standard InChI is InChI=1S/C34H54BN5O6/c1-26(2)24-30(35-45-33(19-8-4-9-20-33)34(46-35)21-10-5-11-22-34)38-31(42)28(17-13-23-37-32(36)39-40(43)44)25-29(41)18-12-16-27-14-6-3-7-15-27/h3,6-7,14-15,26,28,30H,4-5,8-13,16-25H2,1-2H3,(H,38,42)(H3,36,37,39)/t28-,30+/m1/s1. The number of ketones is 1. The van der Waals surface area contributed by atoms with E-state index >= 15 is 0 Å². The highest BCUT2D eigenvalue weighted by Crippen LogP contribution is 2.54. The zero-order chi connectivity index (χ0) is 33.0. The Hall–Kier alpha value is -2.99. The Morgan fingerprint density at radius 1 is 1.00 bits per heavy atom. The van der Waals surface area contributed by atoms with Crippen molar-refractivity contribution in [1.82, 2.24) is 10.7 Å². The quantitative estimate of drug-likeness (QED) is 0.0536. The SMILES string of the molecule is CC(C)C[C@H](NC(=O)[C@H](CCCN=C(N)N[N+](=O)[O-])CC(=O)CCCc1ccccc1)B1OC2(CCCCC2)C2(CCCCC2)O1. The summed E-state index contributed by atoms with van der Waals surface area (Å²) in [7, 11) is -0.526. The molecule has 4 rings (SSSR count). The van der Waals surface area contributed by atoms with Crippen LogP contribution >= 0.6 is 0 Å². The topological polar surface area (TPSA) is 158 Å². The third kappa shape index (κ3) is 10.0. The molecular formula is C34H54BN5O6. The number of fused-ring (bicyclic) bond motifs is 1. The van der Waals surface area contributed by atoms with E-state index in [2.05, 4.69) is 36.3 Å². The van der Waals surface area contributed by atoms with Crippen LogP contribution in [0.1, 0.15) is 122 Å². The maximum atomic E-state index is 14.0. The number of carbonyl (C=O) groups excluding carboxylic acids is 2. The fourth-order valence-electron chi connectivity index (χ4n) is 7.79. The van der Waals surface area contributed by atoms with E-state index < -0.39 is 18.1 Å². The van der Waals surface area contributed by atoms with E-state index in [4.69, 9.17) is 15.0 Å². The molecule has 2 saturated carbocycles. The fourth-order valence-corrected chi connectivity index (χ4v) is 7.79. The van der Waals surface area contributed by atoms with Crippen molar-refractivity contribution in [3.05, 3.63) is 46.0 Å². The van der Waals surface area contributed by atoms with Crippen molar-refractivity contribution in [3.8, 4) is 0 Å². The molecule has 3 aliphatic rings. The van der Waals surface area contributed by atoms with Crippen LogP contribution in [0.4, 0.5) is 0 Å². The van der Waals surface area contributed by atoms with Crippen LogP contribution < -0.4 is 16.5 Å². The van der Waals surface area contributed by atoms with E-state index in [0.717, 1.165) is 57.8 Å². The van der Waals surface area contributed by atoms with E-state index in [9.17, 15) is 19.7 Å². The van der Waals surface area contributed by atoms with Gasteiger partial charge in [-0.1, -0.05) is 88.1 Å². The maximum absolute atomic E-state index is 14.0. The molecule has 2 atom stereocenters. The van der Waals surface area contributed by atoms with Crippen molar-refractivity contribution in [3.63, 3.8) is 0 Å². The molecule has 254 valence electrons. The number of hydrogen-bond donors (Lipinski definition) is 3. The Bertz CT molecular complexity index is 1140. The first-order valence-electron chi connectivity index (χ1n) is 17.5. The van der Waals surface area contributed by atoms with Crippen molar-refractivity contribution in [2.75, 3.05) is 6.54 Å². The molecular weight excluding hydrogens is 585 g/mol. The molecule has 2 spiro atoms. The van der Waals surface area contributed by atoms with Crippen molar-refractivity contribution >= 4 is 24.8 Å². The summed E-state index contributed by atoms with van der Waals surface area (Å²) < 4.78 is 13.9. The first kappa shape index (κ1) is 35.9. The summed E-state index contributed by atoms with van der Waals surface area (Å²) in [6.45, 7) is 4.47. The van der Waals surface area contributed by atoms with Crippen molar-refractivity contribution < 1.29 is 23.9 Å². The number of nitrogens with two attached hydrogens (primary N) is 1. The highest BCUT2D eigenvalue weighted by Gasteiger charge is 2.63. The second kappa shape index (κ2) is 17.2.